The zero-order valence-corrected chi connectivity index (χ0v) is 12.3. The van der Waals surface area contributed by atoms with Crippen molar-refractivity contribution < 1.29 is 14.7 Å². The van der Waals surface area contributed by atoms with Crippen molar-refractivity contribution in [1.82, 2.24) is 5.32 Å². The predicted octanol–water partition coefficient (Wildman–Crippen LogP) is 3.06. The van der Waals surface area contributed by atoms with Crippen molar-refractivity contribution in [3.8, 4) is 0 Å². The second-order valence-electron chi connectivity index (χ2n) is 4.52. The van der Waals surface area contributed by atoms with Crippen molar-refractivity contribution in [2.45, 2.75) is 18.9 Å². The molecule has 7 heteroatoms. The fourth-order valence-corrected chi connectivity index (χ4v) is 3.32. The number of carbonyl (C=O) groups is 2. The Hall–Kier alpha value is -1.40. The Labute approximate surface area is 126 Å². The molecule has 0 radical (unpaired) electrons. The number of carboxylic acid groups (broad SMARTS) is 1. The third-order valence-corrected chi connectivity index (χ3v) is 4.23. The van der Waals surface area contributed by atoms with Gasteiger partial charge in [-0.25, -0.2) is 9.59 Å². The van der Waals surface area contributed by atoms with E-state index < -0.39 is 5.97 Å². The van der Waals surface area contributed by atoms with E-state index in [0.717, 1.165) is 24.3 Å². The molecule has 1 fully saturated rings. The van der Waals surface area contributed by atoms with Gasteiger partial charge in [0.2, 0.25) is 0 Å². The van der Waals surface area contributed by atoms with Crippen LogP contribution in [-0.4, -0.2) is 34.7 Å². The minimum absolute atomic E-state index is 0.0434. The Bertz CT molecular complexity index is 518. The molecule has 1 aliphatic heterocycles. The summed E-state index contributed by atoms with van der Waals surface area (Å²) in [5.74, 6) is 1.01. The van der Waals surface area contributed by atoms with E-state index in [1.807, 2.05) is 11.8 Å². The number of anilines is 1. The molecular weight excluding hydrogens is 300 g/mol. The molecule has 0 aromatic heterocycles. The summed E-state index contributed by atoms with van der Waals surface area (Å²) in [6, 6.07) is 4.08. The molecule has 2 rings (SSSR count). The molecule has 0 bridgehead atoms. The molecule has 1 aliphatic rings. The number of urea groups is 1. The van der Waals surface area contributed by atoms with Gasteiger partial charge in [-0.1, -0.05) is 11.6 Å². The van der Waals surface area contributed by atoms with Crippen molar-refractivity contribution in [1.29, 1.82) is 0 Å². The number of thioether (sulfide) groups is 1. The Balaban J connectivity index is 1.98. The summed E-state index contributed by atoms with van der Waals surface area (Å²) in [5.41, 5.74) is 0.416. The summed E-state index contributed by atoms with van der Waals surface area (Å²) in [4.78, 5) is 22.8. The van der Waals surface area contributed by atoms with E-state index in [1.54, 1.807) is 0 Å². The smallest absolute Gasteiger partial charge is 0.335 e. The molecule has 2 amide bonds. The summed E-state index contributed by atoms with van der Waals surface area (Å²) in [5, 5.41) is 14.7. The van der Waals surface area contributed by atoms with Gasteiger partial charge in [0, 0.05) is 16.8 Å². The van der Waals surface area contributed by atoms with Crippen LogP contribution in [0.4, 0.5) is 10.5 Å². The van der Waals surface area contributed by atoms with Crippen LogP contribution in [0.15, 0.2) is 18.2 Å². The first-order valence-corrected chi connectivity index (χ1v) is 7.77. The van der Waals surface area contributed by atoms with Crippen LogP contribution in [0.3, 0.4) is 0 Å². The topological polar surface area (TPSA) is 78.4 Å². The van der Waals surface area contributed by atoms with E-state index in [1.165, 1.54) is 18.2 Å². The molecule has 0 saturated carbocycles. The molecule has 1 heterocycles. The second kappa shape index (κ2) is 6.85. The highest BCUT2D eigenvalue weighted by Crippen LogP contribution is 2.20. The van der Waals surface area contributed by atoms with Gasteiger partial charge in [-0.3, -0.25) is 0 Å². The largest absolute Gasteiger partial charge is 0.478 e. The Morgan fingerprint density at radius 1 is 1.25 bits per heavy atom. The van der Waals surface area contributed by atoms with Gasteiger partial charge in [-0.2, -0.15) is 11.8 Å². The summed E-state index contributed by atoms with van der Waals surface area (Å²) in [6.45, 7) is 0. The number of amides is 2. The van der Waals surface area contributed by atoms with Crippen LogP contribution in [0, 0.1) is 0 Å². The number of carbonyl (C=O) groups excluding carboxylic acids is 1. The minimum Gasteiger partial charge on any atom is -0.478 e. The molecule has 0 spiro atoms. The zero-order valence-electron chi connectivity index (χ0n) is 10.7. The van der Waals surface area contributed by atoms with Crippen LogP contribution in [-0.2, 0) is 0 Å². The number of nitrogens with one attached hydrogen (secondary N) is 2. The average molecular weight is 315 g/mol. The lowest BCUT2D eigenvalue weighted by Crippen LogP contribution is -2.40. The van der Waals surface area contributed by atoms with Gasteiger partial charge in [0.15, 0.2) is 0 Å². The normalized spacial score (nSPS) is 15.7. The molecule has 1 aromatic rings. The maximum Gasteiger partial charge on any atom is 0.335 e. The van der Waals surface area contributed by atoms with E-state index in [-0.39, 0.29) is 22.7 Å². The lowest BCUT2D eigenvalue weighted by atomic mass is 10.1. The van der Waals surface area contributed by atoms with Crippen molar-refractivity contribution in [2.24, 2.45) is 0 Å². The van der Waals surface area contributed by atoms with Gasteiger partial charge in [0.1, 0.15) is 0 Å². The van der Waals surface area contributed by atoms with Gasteiger partial charge in [0.25, 0.3) is 0 Å². The molecule has 0 aliphatic carbocycles. The summed E-state index contributed by atoms with van der Waals surface area (Å²) in [7, 11) is 0. The van der Waals surface area contributed by atoms with Gasteiger partial charge in [-0.15, -0.1) is 0 Å². The van der Waals surface area contributed by atoms with Crippen LogP contribution in [0.2, 0.25) is 5.02 Å². The average Bonchev–Trinajstić information content (AvgIpc) is 2.38. The van der Waals surface area contributed by atoms with Gasteiger partial charge in [0.05, 0.1) is 5.56 Å². The number of halogens is 1. The third kappa shape index (κ3) is 4.31. The number of aromatic carboxylic acids is 1. The molecule has 3 N–H and O–H groups in total. The minimum atomic E-state index is -1.08. The molecule has 0 atom stereocenters. The van der Waals surface area contributed by atoms with E-state index in [0.29, 0.717) is 5.69 Å². The summed E-state index contributed by atoms with van der Waals surface area (Å²) < 4.78 is 0. The Kier molecular flexibility index (Phi) is 5.14. The van der Waals surface area contributed by atoms with E-state index in [2.05, 4.69) is 10.6 Å². The van der Waals surface area contributed by atoms with Gasteiger partial charge >= 0.3 is 12.0 Å². The highest BCUT2D eigenvalue weighted by molar-refractivity contribution is 7.99. The van der Waals surface area contributed by atoms with Crippen LogP contribution >= 0.6 is 23.4 Å². The lowest BCUT2D eigenvalue weighted by Gasteiger charge is -2.22. The number of hydrogen-bond donors (Lipinski definition) is 3. The maximum atomic E-state index is 11.9. The Morgan fingerprint density at radius 3 is 2.60 bits per heavy atom. The molecule has 1 saturated heterocycles. The fraction of sp³-hybridized carbons (Fsp3) is 0.385. The molecular formula is C13H15ClN2O3S. The number of carboxylic acids is 1. The van der Waals surface area contributed by atoms with Crippen LogP contribution < -0.4 is 10.6 Å². The van der Waals surface area contributed by atoms with E-state index in [4.69, 9.17) is 16.7 Å². The highest BCUT2D eigenvalue weighted by atomic mass is 35.5. The SMILES string of the molecule is O=C(Nc1cc(Cl)cc(C(=O)O)c1)NC1CCSCC1. The molecule has 1 aromatic carbocycles. The highest BCUT2D eigenvalue weighted by Gasteiger charge is 2.16. The fourth-order valence-electron chi connectivity index (χ4n) is 1.98. The summed E-state index contributed by atoms with van der Waals surface area (Å²) >= 11 is 7.71. The quantitative estimate of drug-likeness (QED) is 0.801. The van der Waals surface area contributed by atoms with Crippen LogP contribution in [0.5, 0.6) is 0 Å². The molecule has 0 unspecified atom stereocenters. The number of hydrogen-bond acceptors (Lipinski definition) is 3. The molecule has 5 nitrogen and oxygen atoms in total. The van der Waals surface area contributed by atoms with Crippen molar-refractivity contribution >= 4 is 41.1 Å². The van der Waals surface area contributed by atoms with E-state index >= 15 is 0 Å². The van der Waals surface area contributed by atoms with Crippen LogP contribution in [0.1, 0.15) is 23.2 Å². The van der Waals surface area contributed by atoms with E-state index in [9.17, 15) is 9.59 Å². The zero-order chi connectivity index (χ0) is 14.5. The first kappa shape index (κ1) is 15.0. The van der Waals surface area contributed by atoms with Crippen molar-refractivity contribution in [3.63, 3.8) is 0 Å². The lowest BCUT2D eigenvalue weighted by molar-refractivity contribution is 0.0697. The predicted molar refractivity (Wildman–Crippen MR) is 80.9 cm³/mol. The standard InChI is InChI=1S/C13H15ClN2O3S/c14-9-5-8(12(17)18)6-11(7-9)16-13(19)15-10-1-3-20-4-2-10/h5-7,10H,1-4H2,(H,17,18)(H2,15,16,19). The first-order chi connectivity index (χ1) is 9.54. The van der Waals surface area contributed by atoms with Crippen LogP contribution in [0.25, 0.3) is 0 Å². The first-order valence-electron chi connectivity index (χ1n) is 6.24. The Morgan fingerprint density at radius 2 is 1.95 bits per heavy atom. The summed E-state index contributed by atoms with van der Waals surface area (Å²) in [6.07, 6.45) is 1.90. The van der Waals surface area contributed by atoms with Crippen molar-refractivity contribution in [2.75, 3.05) is 16.8 Å². The van der Waals surface area contributed by atoms with Crippen molar-refractivity contribution in [3.05, 3.63) is 28.8 Å². The third-order valence-electron chi connectivity index (χ3n) is 2.96. The number of benzene rings is 1. The molecule has 20 heavy (non-hydrogen) atoms. The second-order valence-corrected chi connectivity index (χ2v) is 6.18. The van der Waals surface area contributed by atoms with Gasteiger partial charge < -0.3 is 15.7 Å². The monoisotopic (exact) mass is 314 g/mol. The van der Waals surface area contributed by atoms with Gasteiger partial charge in [-0.05, 0) is 42.5 Å². The maximum absolute atomic E-state index is 11.9. The molecule has 108 valence electrons. The number of rotatable bonds is 3.